The van der Waals surface area contributed by atoms with Gasteiger partial charge in [0.05, 0.1) is 0 Å². The molecule has 0 unspecified atom stereocenters. The summed E-state index contributed by atoms with van der Waals surface area (Å²) in [5.74, 6) is 1.04. The molecule has 0 aliphatic heterocycles. The molecule has 0 saturated heterocycles. The first-order valence-electron chi connectivity index (χ1n) is 7.54. The Labute approximate surface area is 121 Å². The maximum Gasteiger partial charge on any atom is 0.240 e. The van der Waals surface area contributed by atoms with Crippen LogP contribution in [-0.2, 0) is 4.79 Å². The van der Waals surface area contributed by atoms with E-state index < -0.39 is 0 Å². The summed E-state index contributed by atoms with van der Waals surface area (Å²) in [6.07, 6.45) is 4.78. The van der Waals surface area contributed by atoms with Crippen LogP contribution in [0.5, 0.6) is 0 Å². The Kier molecular flexibility index (Phi) is 5.33. The van der Waals surface area contributed by atoms with Gasteiger partial charge < -0.3 is 0 Å². The first-order valence-corrected chi connectivity index (χ1v) is 7.54. The molecular formula is C17H24N2O. The molecule has 0 heterocycles. The van der Waals surface area contributed by atoms with Crippen molar-refractivity contribution in [2.24, 2.45) is 11.0 Å². The predicted molar refractivity (Wildman–Crippen MR) is 82.7 cm³/mol. The molecule has 1 aromatic rings. The molecule has 20 heavy (non-hydrogen) atoms. The number of nitrogens with one attached hydrogen (secondary N) is 1. The highest BCUT2D eigenvalue weighted by molar-refractivity contribution is 5.87. The van der Waals surface area contributed by atoms with E-state index in [0.29, 0.717) is 18.3 Å². The van der Waals surface area contributed by atoms with Gasteiger partial charge in [-0.1, -0.05) is 44.2 Å². The molecule has 1 N–H and O–H groups in total. The smallest absolute Gasteiger partial charge is 0.240 e. The third-order valence-electron chi connectivity index (χ3n) is 3.77. The Morgan fingerprint density at radius 1 is 1.25 bits per heavy atom. The highest BCUT2D eigenvalue weighted by Crippen LogP contribution is 2.31. The summed E-state index contributed by atoms with van der Waals surface area (Å²) in [6.45, 7) is 4.08. The fourth-order valence-corrected chi connectivity index (χ4v) is 2.68. The van der Waals surface area contributed by atoms with Crippen molar-refractivity contribution in [3.05, 3.63) is 35.9 Å². The van der Waals surface area contributed by atoms with Gasteiger partial charge in [-0.05, 0) is 43.1 Å². The molecule has 1 aliphatic rings. The van der Waals surface area contributed by atoms with E-state index in [1.54, 1.807) is 0 Å². The molecule has 0 bridgehead atoms. The Morgan fingerprint density at radius 3 is 2.50 bits per heavy atom. The van der Waals surface area contributed by atoms with E-state index in [1.165, 1.54) is 5.56 Å². The van der Waals surface area contributed by atoms with Crippen molar-refractivity contribution < 1.29 is 4.79 Å². The van der Waals surface area contributed by atoms with Crippen LogP contribution in [0.1, 0.15) is 57.4 Å². The van der Waals surface area contributed by atoms with E-state index in [9.17, 15) is 4.79 Å². The second kappa shape index (κ2) is 7.22. The maximum atomic E-state index is 11.6. The molecular weight excluding hydrogens is 248 g/mol. The Bertz CT molecular complexity index is 455. The van der Waals surface area contributed by atoms with E-state index in [0.717, 1.165) is 31.4 Å². The van der Waals surface area contributed by atoms with Crippen LogP contribution in [0.4, 0.5) is 0 Å². The average molecular weight is 272 g/mol. The number of benzene rings is 1. The number of carbonyl (C=O) groups is 1. The molecule has 2 rings (SSSR count). The molecule has 0 aromatic heterocycles. The van der Waals surface area contributed by atoms with Crippen molar-refractivity contribution >= 4 is 11.6 Å². The monoisotopic (exact) mass is 272 g/mol. The van der Waals surface area contributed by atoms with Gasteiger partial charge in [0.25, 0.3) is 0 Å². The van der Waals surface area contributed by atoms with Gasteiger partial charge in [-0.3, -0.25) is 4.79 Å². The summed E-state index contributed by atoms with van der Waals surface area (Å²) in [4.78, 5) is 11.6. The standard InChI is InChI=1S/C17H24N2O/c1-13(2)12-17(20)19-18-16-10-8-15(9-11-16)14-6-4-3-5-7-14/h3-7,13,15H,8-12H2,1-2H3,(H,19,20). The van der Waals surface area contributed by atoms with Crippen LogP contribution >= 0.6 is 0 Å². The minimum atomic E-state index is 0.0256. The lowest BCUT2D eigenvalue weighted by molar-refractivity contribution is -0.121. The second-order valence-corrected chi connectivity index (χ2v) is 6.00. The van der Waals surface area contributed by atoms with Gasteiger partial charge in [-0.25, -0.2) is 5.43 Å². The minimum Gasteiger partial charge on any atom is -0.273 e. The zero-order valence-electron chi connectivity index (χ0n) is 12.4. The van der Waals surface area contributed by atoms with E-state index in [4.69, 9.17) is 0 Å². The lowest BCUT2D eigenvalue weighted by Crippen LogP contribution is -2.22. The number of hydrogen-bond acceptors (Lipinski definition) is 2. The van der Waals surface area contributed by atoms with Gasteiger partial charge in [-0.15, -0.1) is 0 Å². The van der Waals surface area contributed by atoms with Crippen molar-refractivity contribution in [2.75, 3.05) is 0 Å². The van der Waals surface area contributed by atoms with Crippen LogP contribution in [0.25, 0.3) is 0 Å². The molecule has 3 heteroatoms. The third-order valence-corrected chi connectivity index (χ3v) is 3.77. The topological polar surface area (TPSA) is 41.5 Å². The fraction of sp³-hybridized carbons (Fsp3) is 0.529. The highest BCUT2D eigenvalue weighted by atomic mass is 16.2. The average Bonchev–Trinajstić information content (AvgIpc) is 2.46. The van der Waals surface area contributed by atoms with E-state index in [1.807, 2.05) is 13.8 Å². The minimum absolute atomic E-state index is 0.0256. The van der Waals surface area contributed by atoms with Crippen molar-refractivity contribution in [2.45, 2.75) is 51.9 Å². The van der Waals surface area contributed by atoms with Crippen LogP contribution in [0.3, 0.4) is 0 Å². The molecule has 3 nitrogen and oxygen atoms in total. The fourth-order valence-electron chi connectivity index (χ4n) is 2.68. The number of nitrogens with zero attached hydrogens (tertiary/aromatic N) is 1. The summed E-state index contributed by atoms with van der Waals surface area (Å²) in [6, 6.07) is 10.7. The molecule has 0 radical (unpaired) electrons. The van der Waals surface area contributed by atoms with Crippen LogP contribution in [-0.4, -0.2) is 11.6 Å². The summed E-state index contributed by atoms with van der Waals surface area (Å²) in [7, 11) is 0. The molecule has 1 saturated carbocycles. The first-order chi connectivity index (χ1) is 9.65. The van der Waals surface area contributed by atoms with Crippen LogP contribution in [0, 0.1) is 5.92 Å². The number of rotatable bonds is 4. The van der Waals surface area contributed by atoms with Gasteiger partial charge in [-0.2, -0.15) is 5.10 Å². The lowest BCUT2D eigenvalue weighted by atomic mass is 9.83. The van der Waals surface area contributed by atoms with Crippen LogP contribution in [0.15, 0.2) is 35.4 Å². The van der Waals surface area contributed by atoms with Crippen LogP contribution in [0.2, 0.25) is 0 Å². The van der Waals surface area contributed by atoms with Gasteiger partial charge in [0, 0.05) is 12.1 Å². The molecule has 108 valence electrons. The molecule has 1 aliphatic carbocycles. The third kappa shape index (κ3) is 4.48. The SMILES string of the molecule is CC(C)CC(=O)NN=C1CCC(c2ccccc2)CC1. The van der Waals surface area contributed by atoms with Gasteiger partial charge >= 0.3 is 0 Å². The number of hydrogen-bond donors (Lipinski definition) is 1. The summed E-state index contributed by atoms with van der Waals surface area (Å²) < 4.78 is 0. The van der Waals surface area contributed by atoms with Crippen molar-refractivity contribution in [1.82, 2.24) is 5.43 Å². The largest absolute Gasteiger partial charge is 0.273 e. The molecule has 0 atom stereocenters. The lowest BCUT2D eigenvalue weighted by Gasteiger charge is -2.23. The number of carbonyl (C=O) groups excluding carboxylic acids is 1. The van der Waals surface area contributed by atoms with E-state index in [-0.39, 0.29) is 5.91 Å². The number of amides is 1. The van der Waals surface area contributed by atoms with Gasteiger partial charge in [0.15, 0.2) is 0 Å². The first kappa shape index (κ1) is 14.8. The summed E-state index contributed by atoms with van der Waals surface area (Å²) in [5, 5.41) is 4.28. The van der Waals surface area contributed by atoms with Crippen molar-refractivity contribution in [1.29, 1.82) is 0 Å². The Morgan fingerprint density at radius 2 is 1.90 bits per heavy atom. The van der Waals surface area contributed by atoms with Crippen molar-refractivity contribution in [3.8, 4) is 0 Å². The summed E-state index contributed by atoms with van der Waals surface area (Å²) in [5.41, 5.74) is 5.25. The molecule has 1 fully saturated rings. The van der Waals surface area contributed by atoms with Crippen molar-refractivity contribution in [3.63, 3.8) is 0 Å². The Hall–Kier alpha value is -1.64. The zero-order valence-corrected chi connectivity index (χ0v) is 12.4. The van der Waals surface area contributed by atoms with Gasteiger partial charge in [0.1, 0.15) is 0 Å². The number of hydrazone groups is 1. The van der Waals surface area contributed by atoms with E-state index in [2.05, 4.69) is 40.9 Å². The van der Waals surface area contributed by atoms with Gasteiger partial charge in [0.2, 0.25) is 5.91 Å². The van der Waals surface area contributed by atoms with Crippen LogP contribution < -0.4 is 5.43 Å². The molecule has 0 spiro atoms. The molecule has 1 aromatic carbocycles. The zero-order chi connectivity index (χ0) is 14.4. The quantitative estimate of drug-likeness (QED) is 0.831. The molecule has 1 amide bonds. The highest BCUT2D eigenvalue weighted by Gasteiger charge is 2.19. The maximum absolute atomic E-state index is 11.6. The second-order valence-electron chi connectivity index (χ2n) is 6.00. The normalized spacial score (nSPS) is 18.9. The summed E-state index contributed by atoms with van der Waals surface area (Å²) >= 11 is 0. The predicted octanol–water partition coefficient (Wildman–Crippen LogP) is 3.86. The van der Waals surface area contributed by atoms with E-state index >= 15 is 0 Å². The Balaban J connectivity index is 1.81.